The second-order valence-electron chi connectivity index (χ2n) is 4.46. The normalized spacial score (nSPS) is 17.3. The summed E-state index contributed by atoms with van der Waals surface area (Å²) in [5, 5.41) is 9.79. The Kier molecular flexibility index (Phi) is 4.92. The number of hydrogen-bond donors (Lipinski definition) is 2. The minimum atomic E-state index is -4.82. The van der Waals surface area contributed by atoms with Crippen LogP contribution >= 0.6 is 12.4 Å². The van der Waals surface area contributed by atoms with E-state index < -0.39 is 23.9 Å². The highest BCUT2D eigenvalue weighted by molar-refractivity contribution is 5.85. The monoisotopic (exact) mass is 297 g/mol. The maximum absolute atomic E-state index is 12.1. The number of hydrogen-bond acceptors (Lipinski definition) is 3. The molecule has 0 heterocycles. The molecule has 0 spiro atoms. The molecular weight excluding hydrogens is 283 g/mol. The lowest BCUT2D eigenvalue weighted by molar-refractivity contribution is -0.275. The number of ether oxygens (including phenoxy) is 1. The van der Waals surface area contributed by atoms with E-state index in [-0.39, 0.29) is 18.3 Å². The average Bonchev–Trinajstić information content (AvgIpc) is 2.16. The summed E-state index contributed by atoms with van der Waals surface area (Å²) in [6.45, 7) is 0. The van der Waals surface area contributed by atoms with E-state index in [0.717, 1.165) is 25.3 Å². The number of nitrogens with two attached hydrogens (primary N) is 1. The van der Waals surface area contributed by atoms with Gasteiger partial charge in [-0.3, -0.25) is 0 Å². The molecule has 1 saturated carbocycles. The third-order valence-corrected chi connectivity index (χ3v) is 3.27. The molecule has 19 heavy (non-hydrogen) atoms. The number of rotatable bonds is 3. The first-order valence-electron chi connectivity index (χ1n) is 5.71. The zero-order chi connectivity index (χ0) is 13.3. The van der Waals surface area contributed by atoms with Crippen LogP contribution in [0.4, 0.5) is 13.2 Å². The highest BCUT2D eigenvalue weighted by Crippen LogP contribution is 2.42. The highest BCUT2D eigenvalue weighted by Gasteiger charge is 2.34. The van der Waals surface area contributed by atoms with Crippen molar-refractivity contribution in [2.45, 2.75) is 31.7 Å². The molecule has 0 saturated heterocycles. The summed E-state index contributed by atoms with van der Waals surface area (Å²) in [6, 6.07) is 3.55. The predicted molar refractivity (Wildman–Crippen MR) is 66.3 cm³/mol. The van der Waals surface area contributed by atoms with Gasteiger partial charge in [-0.1, -0.05) is 18.6 Å². The average molecular weight is 298 g/mol. The lowest BCUT2D eigenvalue weighted by Gasteiger charge is -2.32. The van der Waals surface area contributed by atoms with Gasteiger partial charge in [0.1, 0.15) is 0 Å². The molecule has 108 valence electrons. The fraction of sp³-hybridized carbons (Fsp3) is 0.500. The van der Waals surface area contributed by atoms with Gasteiger partial charge in [0, 0.05) is 11.6 Å². The van der Waals surface area contributed by atoms with Crippen molar-refractivity contribution in [2.24, 2.45) is 11.7 Å². The first-order chi connectivity index (χ1) is 8.38. The molecule has 0 amide bonds. The molecule has 0 aliphatic heterocycles. The summed E-state index contributed by atoms with van der Waals surface area (Å²) in [6.07, 6.45) is -1.88. The third kappa shape index (κ3) is 3.67. The number of phenolic OH excluding ortho intramolecular Hbond substituents is 1. The maximum atomic E-state index is 12.1. The molecule has 1 aliphatic rings. The lowest BCUT2D eigenvalue weighted by atomic mass is 9.77. The van der Waals surface area contributed by atoms with E-state index in [1.807, 2.05) is 0 Å². The van der Waals surface area contributed by atoms with Crippen molar-refractivity contribution in [3.8, 4) is 11.5 Å². The molecule has 7 heteroatoms. The molecule has 0 unspecified atom stereocenters. The van der Waals surface area contributed by atoms with Gasteiger partial charge in [-0.2, -0.15) is 0 Å². The Morgan fingerprint density at radius 3 is 2.42 bits per heavy atom. The number of benzene rings is 1. The molecule has 2 rings (SSSR count). The van der Waals surface area contributed by atoms with Crippen LogP contribution in [0, 0.1) is 5.92 Å². The van der Waals surface area contributed by atoms with Gasteiger partial charge in [0.05, 0.1) is 0 Å². The molecule has 3 nitrogen and oxygen atoms in total. The van der Waals surface area contributed by atoms with Crippen molar-refractivity contribution < 1.29 is 23.0 Å². The molecular formula is C12H15ClF3NO2. The van der Waals surface area contributed by atoms with Crippen LogP contribution in [0.5, 0.6) is 11.5 Å². The van der Waals surface area contributed by atoms with Crippen LogP contribution in [0.25, 0.3) is 0 Å². The molecule has 1 aromatic carbocycles. The van der Waals surface area contributed by atoms with Crippen molar-refractivity contribution in [3.05, 3.63) is 23.8 Å². The maximum Gasteiger partial charge on any atom is 0.573 e. The van der Waals surface area contributed by atoms with Crippen LogP contribution in [-0.4, -0.2) is 11.5 Å². The molecule has 1 aromatic rings. The number of halogens is 4. The van der Waals surface area contributed by atoms with Gasteiger partial charge in [0.25, 0.3) is 0 Å². The Labute approximate surface area is 115 Å². The summed E-state index contributed by atoms with van der Waals surface area (Å²) < 4.78 is 40.1. The predicted octanol–water partition coefficient (Wildman–Crippen LogP) is 3.51. The SMILES string of the molecule is Cl.N[C@H](c1cccc(OC(F)(F)F)c1O)C1CCC1. The Hall–Kier alpha value is -1.14. The molecule has 0 bridgehead atoms. The first-order valence-corrected chi connectivity index (χ1v) is 5.71. The fourth-order valence-corrected chi connectivity index (χ4v) is 2.07. The first kappa shape index (κ1) is 15.9. The van der Waals surface area contributed by atoms with Gasteiger partial charge in [-0.15, -0.1) is 25.6 Å². The molecule has 0 aromatic heterocycles. The number of para-hydroxylation sites is 1. The highest BCUT2D eigenvalue weighted by atomic mass is 35.5. The topological polar surface area (TPSA) is 55.5 Å². The zero-order valence-corrected chi connectivity index (χ0v) is 10.8. The Morgan fingerprint density at radius 1 is 1.32 bits per heavy atom. The fourth-order valence-electron chi connectivity index (χ4n) is 2.07. The van der Waals surface area contributed by atoms with Gasteiger partial charge in [0.2, 0.25) is 0 Å². The van der Waals surface area contributed by atoms with E-state index in [9.17, 15) is 18.3 Å². The van der Waals surface area contributed by atoms with Crippen LogP contribution in [0.2, 0.25) is 0 Å². The van der Waals surface area contributed by atoms with Gasteiger partial charge < -0.3 is 15.6 Å². The zero-order valence-electron chi connectivity index (χ0n) is 9.98. The summed E-state index contributed by atoms with van der Waals surface area (Å²) in [4.78, 5) is 0. The van der Waals surface area contributed by atoms with Crippen molar-refractivity contribution in [2.75, 3.05) is 0 Å². The standard InChI is InChI=1S/C12H14F3NO2.ClH/c13-12(14,15)18-9-6-2-5-8(11(9)17)10(16)7-3-1-4-7;/h2,5-7,10,17H,1,3-4,16H2;1H/t10-;/m0./s1. The summed E-state index contributed by atoms with van der Waals surface area (Å²) in [7, 11) is 0. The third-order valence-electron chi connectivity index (χ3n) is 3.27. The van der Waals surface area contributed by atoms with Gasteiger partial charge in [0.15, 0.2) is 11.5 Å². The van der Waals surface area contributed by atoms with Crippen molar-refractivity contribution in [1.29, 1.82) is 0 Å². The van der Waals surface area contributed by atoms with Gasteiger partial charge >= 0.3 is 6.36 Å². The number of alkyl halides is 3. The summed E-state index contributed by atoms with van der Waals surface area (Å²) >= 11 is 0. The van der Waals surface area contributed by atoms with E-state index in [0.29, 0.717) is 5.56 Å². The lowest BCUT2D eigenvalue weighted by Crippen LogP contribution is -2.27. The van der Waals surface area contributed by atoms with Crippen LogP contribution in [0.1, 0.15) is 30.9 Å². The quantitative estimate of drug-likeness (QED) is 0.897. The van der Waals surface area contributed by atoms with Crippen molar-refractivity contribution >= 4 is 12.4 Å². The molecule has 1 fully saturated rings. The number of phenols is 1. The van der Waals surface area contributed by atoms with Gasteiger partial charge in [-0.25, -0.2) is 0 Å². The van der Waals surface area contributed by atoms with E-state index >= 15 is 0 Å². The van der Waals surface area contributed by atoms with Crippen LogP contribution in [-0.2, 0) is 0 Å². The minimum Gasteiger partial charge on any atom is -0.504 e. The van der Waals surface area contributed by atoms with E-state index in [1.54, 1.807) is 0 Å². The number of aromatic hydroxyl groups is 1. The molecule has 1 atom stereocenters. The minimum absolute atomic E-state index is 0. The van der Waals surface area contributed by atoms with Crippen molar-refractivity contribution in [3.63, 3.8) is 0 Å². The largest absolute Gasteiger partial charge is 0.573 e. The van der Waals surface area contributed by atoms with E-state index in [2.05, 4.69) is 4.74 Å². The van der Waals surface area contributed by atoms with Crippen LogP contribution < -0.4 is 10.5 Å². The second kappa shape index (κ2) is 5.88. The smallest absolute Gasteiger partial charge is 0.504 e. The molecule has 3 N–H and O–H groups in total. The van der Waals surface area contributed by atoms with Gasteiger partial charge in [-0.05, 0) is 24.8 Å². The Morgan fingerprint density at radius 2 is 1.95 bits per heavy atom. The van der Waals surface area contributed by atoms with Crippen LogP contribution in [0.3, 0.4) is 0 Å². The Balaban J connectivity index is 0.00000180. The van der Waals surface area contributed by atoms with Crippen LogP contribution in [0.15, 0.2) is 18.2 Å². The summed E-state index contributed by atoms with van der Waals surface area (Å²) in [5.41, 5.74) is 6.24. The van der Waals surface area contributed by atoms with Crippen molar-refractivity contribution in [1.82, 2.24) is 0 Å². The van der Waals surface area contributed by atoms with E-state index in [4.69, 9.17) is 5.73 Å². The molecule has 1 aliphatic carbocycles. The van der Waals surface area contributed by atoms with E-state index in [1.165, 1.54) is 12.1 Å². The Bertz CT molecular complexity index is 435. The molecule has 0 radical (unpaired) electrons. The second-order valence-corrected chi connectivity index (χ2v) is 4.46. The summed E-state index contributed by atoms with van der Waals surface area (Å²) in [5.74, 6) is -0.902.